The molecule has 1 aromatic rings. The van der Waals surface area contributed by atoms with Crippen molar-refractivity contribution in [2.75, 3.05) is 11.3 Å². The van der Waals surface area contributed by atoms with Crippen LogP contribution in [0.5, 0.6) is 0 Å². The van der Waals surface area contributed by atoms with Gasteiger partial charge in [0, 0.05) is 6.20 Å². The van der Waals surface area contributed by atoms with Gasteiger partial charge in [0.15, 0.2) is 0 Å². The summed E-state index contributed by atoms with van der Waals surface area (Å²) in [7, 11) is -4.08. The molecule has 0 unspecified atom stereocenters. The molecule has 17 heavy (non-hydrogen) atoms. The van der Waals surface area contributed by atoms with Crippen molar-refractivity contribution < 1.29 is 17.9 Å². The highest BCUT2D eigenvalue weighted by Crippen LogP contribution is 2.19. The van der Waals surface area contributed by atoms with E-state index in [1.807, 2.05) is 4.72 Å². The van der Waals surface area contributed by atoms with Gasteiger partial charge in [0.05, 0.1) is 23.5 Å². The second-order valence-electron chi connectivity index (χ2n) is 2.78. The van der Waals surface area contributed by atoms with Crippen molar-refractivity contribution >= 4 is 33.6 Å². The minimum absolute atomic E-state index is 0.0611. The summed E-state index contributed by atoms with van der Waals surface area (Å²) >= 11 is 5.72. The van der Waals surface area contributed by atoms with Gasteiger partial charge in [-0.15, -0.1) is 0 Å². The maximum atomic E-state index is 11.4. The normalized spacial score (nSPS) is 10.7. The minimum Gasteiger partial charge on any atom is -0.449 e. The lowest BCUT2D eigenvalue weighted by molar-refractivity contribution is 0.159. The highest BCUT2D eigenvalue weighted by molar-refractivity contribution is 7.91. The second-order valence-corrected chi connectivity index (χ2v) is 4.61. The van der Waals surface area contributed by atoms with Crippen LogP contribution in [0.2, 0.25) is 5.02 Å². The van der Waals surface area contributed by atoms with Crippen LogP contribution in [0.3, 0.4) is 0 Å². The van der Waals surface area contributed by atoms with Gasteiger partial charge in [-0.25, -0.2) is 9.52 Å². The first-order valence-electron chi connectivity index (χ1n) is 4.51. The number of nitrogens with one attached hydrogen (secondary N) is 2. The number of aromatic nitrogens is 1. The second kappa shape index (κ2) is 5.69. The SMILES string of the molecule is CCOC(=O)NS(=O)(=O)Nc1cnccc1Cl. The maximum absolute atomic E-state index is 11.4. The highest BCUT2D eigenvalue weighted by Gasteiger charge is 2.16. The molecule has 1 rings (SSSR count). The number of anilines is 1. The quantitative estimate of drug-likeness (QED) is 0.861. The maximum Gasteiger partial charge on any atom is 0.422 e. The van der Waals surface area contributed by atoms with Crippen LogP contribution in [0, 0.1) is 0 Å². The molecule has 0 bridgehead atoms. The fraction of sp³-hybridized carbons (Fsp3) is 0.250. The molecule has 94 valence electrons. The Bertz CT molecular complexity index is 505. The molecule has 9 heteroatoms. The minimum atomic E-state index is -4.08. The summed E-state index contributed by atoms with van der Waals surface area (Å²) in [5.74, 6) is 0. The van der Waals surface area contributed by atoms with Crippen LogP contribution >= 0.6 is 11.6 Å². The number of nitrogens with zero attached hydrogens (tertiary/aromatic N) is 1. The number of halogens is 1. The largest absolute Gasteiger partial charge is 0.449 e. The molecule has 0 aliphatic carbocycles. The summed E-state index contributed by atoms with van der Waals surface area (Å²) in [5, 5.41) is 0.161. The molecule has 0 aliphatic heterocycles. The van der Waals surface area contributed by atoms with Crippen molar-refractivity contribution in [3.8, 4) is 0 Å². The first kappa shape index (κ1) is 13.5. The van der Waals surface area contributed by atoms with E-state index < -0.39 is 16.3 Å². The van der Waals surface area contributed by atoms with E-state index in [1.54, 1.807) is 11.6 Å². The fourth-order valence-corrected chi connectivity index (χ4v) is 1.88. The van der Waals surface area contributed by atoms with Gasteiger partial charge in [0.25, 0.3) is 0 Å². The van der Waals surface area contributed by atoms with E-state index in [9.17, 15) is 13.2 Å². The van der Waals surface area contributed by atoms with Crippen molar-refractivity contribution in [3.63, 3.8) is 0 Å². The molecule has 0 aliphatic rings. The van der Waals surface area contributed by atoms with E-state index in [1.165, 1.54) is 18.5 Å². The summed E-state index contributed by atoms with van der Waals surface area (Å²) in [6.07, 6.45) is 1.55. The molecule has 0 radical (unpaired) electrons. The average molecular weight is 280 g/mol. The zero-order chi connectivity index (χ0) is 12.9. The summed E-state index contributed by atoms with van der Waals surface area (Å²) in [6.45, 7) is 1.62. The molecule has 0 fully saturated rings. The molecule has 0 saturated carbocycles. The Morgan fingerprint density at radius 1 is 1.59 bits per heavy atom. The van der Waals surface area contributed by atoms with Gasteiger partial charge in [-0.3, -0.25) is 9.71 Å². The zero-order valence-corrected chi connectivity index (χ0v) is 10.4. The van der Waals surface area contributed by atoms with E-state index >= 15 is 0 Å². The van der Waals surface area contributed by atoms with E-state index in [0.717, 1.165) is 0 Å². The predicted molar refractivity (Wildman–Crippen MR) is 61.9 cm³/mol. The van der Waals surface area contributed by atoms with Gasteiger partial charge < -0.3 is 4.74 Å². The molecule has 0 spiro atoms. The first-order chi connectivity index (χ1) is 7.94. The van der Waals surface area contributed by atoms with Gasteiger partial charge >= 0.3 is 16.3 Å². The van der Waals surface area contributed by atoms with Gasteiger partial charge in [-0.05, 0) is 13.0 Å². The Balaban J connectivity index is 2.74. The van der Waals surface area contributed by atoms with Crippen LogP contribution < -0.4 is 9.44 Å². The Hall–Kier alpha value is -1.54. The van der Waals surface area contributed by atoms with Gasteiger partial charge in [0.2, 0.25) is 0 Å². The molecule has 2 N–H and O–H groups in total. The molecule has 0 saturated heterocycles. The van der Waals surface area contributed by atoms with Crippen molar-refractivity contribution in [1.82, 2.24) is 9.71 Å². The molecular weight excluding hydrogens is 270 g/mol. The van der Waals surface area contributed by atoms with Crippen LogP contribution in [-0.2, 0) is 14.9 Å². The third-order valence-corrected chi connectivity index (χ3v) is 2.76. The number of hydrogen-bond donors (Lipinski definition) is 2. The third kappa shape index (κ3) is 4.45. The lowest BCUT2D eigenvalue weighted by Gasteiger charge is -2.09. The van der Waals surface area contributed by atoms with Gasteiger partial charge in [-0.1, -0.05) is 11.6 Å². The molecular formula is C8H10ClN3O4S. The molecule has 0 atom stereocenters. The van der Waals surface area contributed by atoms with Crippen molar-refractivity contribution in [2.45, 2.75) is 6.92 Å². The number of amides is 1. The van der Waals surface area contributed by atoms with Crippen LogP contribution in [0.25, 0.3) is 0 Å². The number of pyridine rings is 1. The number of carbonyl (C=O) groups is 1. The first-order valence-corrected chi connectivity index (χ1v) is 6.37. The summed E-state index contributed by atoms with van der Waals surface area (Å²) < 4.78 is 31.0. The van der Waals surface area contributed by atoms with Crippen LogP contribution in [-0.4, -0.2) is 26.1 Å². The smallest absolute Gasteiger partial charge is 0.422 e. The highest BCUT2D eigenvalue weighted by atomic mass is 35.5. The summed E-state index contributed by atoms with van der Waals surface area (Å²) in [6, 6.07) is 1.41. The Kier molecular flexibility index (Phi) is 4.53. The fourth-order valence-electron chi connectivity index (χ4n) is 0.893. The van der Waals surface area contributed by atoms with Gasteiger partial charge in [0.1, 0.15) is 0 Å². The van der Waals surface area contributed by atoms with Crippen molar-refractivity contribution in [2.24, 2.45) is 0 Å². The lowest BCUT2D eigenvalue weighted by Crippen LogP contribution is -2.35. The zero-order valence-electron chi connectivity index (χ0n) is 8.81. The molecule has 1 amide bonds. The Morgan fingerprint density at radius 3 is 2.88 bits per heavy atom. The average Bonchev–Trinajstić information content (AvgIpc) is 2.20. The monoisotopic (exact) mass is 279 g/mol. The summed E-state index contributed by atoms with van der Waals surface area (Å²) in [5.41, 5.74) is 0.0611. The van der Waals surface area contributed by atoms with E-state index in [0.29, 0.717) is 0 Å². The van der Waals surface area contributed by atoms with Gasteiger partial charge in [-0.2, -0.15) is 8.42 Å². The number of hydrogen-bond acceptors (Lipinski definition) is 5. The van der Waals surface area contributed by atoms with Crippen LogP contribution in [0.4, 0.5) is 10.5 Å². The van der Waals surface area contributed by atoms with Crippen molar-refractivity contribution in [3.05, 3.63) is 23.5 Å². The van der Waals surface area contributed by atoms with Crippen LogP contribution in [0.1, 0.15) is 6.92 Å². The molecule has 7 nitrogen and oxygen atoms in total. The Morgan fingerprint density at radius 2 is 2.29 bits per heavy atom. The van der Waals surface area contributed by atoms with Crippen LogP contribution in [0.15, 0.2) is 18.5 Å². The van der Waals surface area contributed by atoms with Crippen molar-refractivity contribution in [1.29, 1.82) is 0 Å². The number of ether oxygens (including phenoxy) is 1. The Labute approximate surface area is 103 Å². The van der Waals surface area contributed by atoms with E-state index in [4.69, 9.17) is 11.6 Å². The lowest BCUT2D eigenvalue weighted by atomic mass is 10.4. The number of carbonyl (C=O) groups excluding carboxylic acids is 1. The molecule has 1 aromatic heterocycles. The predicted octanol–water partition coefficient (Wildman–Crippen LogP) is 1.14. The summed E-state index contributed by atoms with van der Waals surface area (Å²) in [4.78, 5) is 14.6. The third-order valence-electron chi connectivity index (χ3n) is 1.51. The van der Waals surface area contributed by atoms with E-state index in [2.05, 4.69) is 9.72 Å². The van der Waals surface area contributed by atoms with E-state index in [-0.39, 0.29) is 17.3 Å². The number of rotatable bonds is 4. The molecule has 1 heterocycles. The molecule has 0 aromatic carbocycles. The topological polar surface area (TPSA) is 97.4 Å². The standard InChI is InChI=1S/C8H10ClN3O4S/c1-2-16-8(13)12-17(14,15)11-7-5-10-4-3-6(7)9/h3-5,11H,2H2,1H3,(H,12,13).